The lowest BCUT2D eigenvalue weighted by Crippen LogP contribution is -2.44. The van der Waals surface area contributed by atoms with E-state index in [0.29, 0.717) is 25.8 Å². The van der Waals surface area contributed by atoms with Gasteiger partial charge in [-0.3, -0.25) is 9.59 Å². The number of ketones is 1. The molecule has 1 amide bonds. The number of nitriles is 1. The third-order valence-corrected chi connectivity index (χ3v) is 3.92. The molecule has 0 bridgehead atoms. The Hall–Kier alpha value is -1.37. The summed E-state index contributed by atoms with van der Waals surface area (Å²) in [4.78, 5) is 26.0. The van der Waals surface area contributed by atoms with E-state index in [-0.39, 0.29) is 17.7 Å². The van der Waals surface area contributed by atoms with E-state index in [2.05, 4.69) is 6.07 Å². The first-order chi connectivity index (χ1) is 8.44. The summed E-state index contributed by atoms with van der Waals surface area (Å²) < 4.78 is 0. The fraction of sp³-hybridized carbons (Fsp3) is 0.786. The number of hydrogen-bond acceptors (Lipinski definition) is 3. The summed E-state index contributed by atoms with van der Waals surface area (Å²) in [5, 5.41) is 8.61. The van der Waals surface area contributed by atoms with Gasteiger partial charge in [0, 0.05) is 24.4 Å². The predicted octanol–water partition coefficient (Wildman–Crippen LogP) is 2.29. The van der Waals surface area contributed by atoms with E-state index in [9.17, 15) is 9.59 Å². The number of carbonyl (C=O) groups excluding carboxylic acids is 2. The van der Waals surface area contributed by atoms with Crippen LogP contribution in [0.1, 0.15) is 52.9 Å². The van der Waals surface area contributed by atoms with Crippen molar-refractivity contribution in [2.24, 2.45) is 5.41 Å². The minimum Gasteiger partial charge on any atom is -0.333 e. The molecule has 1 aliphatic heterocycles. The van der Waals surface area contributed by atoms with Crippen molar-refractivity contribution in [1.82, 2.24) is 4.90 Å². The van der Waals surface area contributed by atoms with E-state index in [0.717, 1.165) is 12.8 Å². The number of rotatable bonds is 5. The second-order valence-corrected chi connectivity index (χ2v) is 5.56. The zero-order chi connectivity index (χ0) is 13.8. The van der Waals surface area contributed by atoms with Crippen LogP contribution in [0.4, 0.5) is 0 Å². The van der Waals surface area contributed by atoms with Gasteiger partial charge in [-0.1, -0.05) is 20.8 Å². The average molecular weight is 250 g/mol. The monoisotopic (exact) mass is 250 g/mol. The van der Waals surface area contributed by atoms with Crippen LogP contribution in [-0.2, 0) is 9.59 Å². The maximum atomic E-state index is 12.2. The molecule has 0 aliphatic carbocycles. The molecule has 18 heavy (non-hydrogen) atoms. The highest BCUT2D eigenvalue weighted by Gasteiger charge is 2.38. The molecule has 100 valence electrons. The first kappa shape index (κ1) is 14.7. The highest BCUT2D eigenvalue weighted by molar-refractivity contribution is 6.38. The molecular formula is C14H22N2O2. The van der Waals surface area contributed by atoms with E-state index >= 15 is 0 Å². The molecule has 1 heterocycles. The van der Waals surface area contributed by atoms with Crippen molar-refractivity contribution in [3.8, 4) is 6.07 Å². The predicted molar refractivity (Wildman–Crippen MR) is 68.7 cm³/mol. The Morgan fingerprint density at radius 1 is 1.44 bits per heavy atom. The maximum Gasteiger partial charge on any atom is 0.290 e. The van der Waals surface area contributed by atoms with Crippen molar-refractivity contribution < 1.29 is 9.59 Å². The van der Waals surface area contributed by atoms with Gasteiger partial charge in [0.2, 0.25) is 5.78 Å². The summed E-state index contributed by atoms with van der Waals surface area (Å²) in [5.41, 5.74) is -0.584. The van der Waals surface area contributed by atoms with Crippen LogP contribution in [0.2, 0.25) is 0 Å². The molecule has 1 saturated heterocycles. The Morgan fingerprint density at radius 3 is 2.67 bits per heavy atom. The minimum absolute atomic E-state index is 0.0776. The Bertz CT molecular complexity index is 368. The topological polar surface area (TPSA) is 61.2 Å². The molecule has 1 aliphatic rings. The van der Waals surface area contributed by atoms with E-state index in [1.54, 1.807) is 4.90 Å². The average Bonchev–Trinajstić information content (AvgIpc) is 2.82. The maximum absolute atomic E-state index is 12.2. The number of likely N-dealkylation sites (tertiary alicyclic amines) is 1. The molecule has 1 rings (SSSR count). The normalized spacial score (nSPS) is 19.7. The van der Waals surface area contributed by atoms with Gasteiger partial charge >= 0.3 is 0 Å². The van der Waals surface area contributed by atoms with Crippen molar-refractivity contribution in [3.05, 3.63) is 0 Å². The van der Waals surface area contributed by atoms with E-state index in [1.165, 1.54) is 0 Å². The minimum atomic E-state index is -0.584. The summed E-state index contributed by atoms with van der Waals surface area (Å²) in [6.07, 6.45) is 3.63. The van der Waals surface area contributed by atoms with Gasteiger partial charge in [-0.25, -0.2) is 0 Å². The van der Waals surface area contributed by atoms with Crippen LogP contribution >= 0.6 is 0 Å². The molecule has 0 radical (unpaired) electrons. The van der Waals surface area contributed by atoms with Crippen molar-refractivity contribution in [3.63, 3.8) is 0 Å². The molecule has 0 aromatic rings. The highest BCUT2D eigenvalue weighted by atomic mass is 16.2. The molecule has 4 nitrogen and oxygen atoms in total. The quantitative estimate of drug-likeness (QED) is 0.703. The summed E-state index contributed by atoms with van der Waals surface area (Å²) >= 11 is 0. The lowest BCUT2D eigenvalue weighted by molar-refractivity contribution is -0.149. The van der Waals surface area contributed by atoms with Crippen molar-refractivity contribution in [2.45, 2.75) is 58.9 Å². The number of Topliss-reactive ketones (excluding diaryl/α,β-unsaturated/α-hetero) is 1. The van der Waals surface area contributed by atoms with Crippen LogP contribution in [0, 0.1) is 16.7 Å². The van der Waals surface area contributed by atoms with Crippen molar-refractivity contribution in [2.75, 3.05) is 6.54 Å². The largest absolute Gasteiger partial charge is 0.333 e. The zero-order valence-corrected chi connectivity index (χ0v) is 11.5. The summed E-state index contributed by atoms with van der Waals surface area (Å²) in [5.74, 6) is -0.656. The molecule has 0 aromatic heterocycles. The SMILES string of the molecule is CCC(C)(C)C(=O)C(=O)N1CCC[C@H]1CCC#N. The Morgan fingerprint density at radius 2 is 2.11 bits per heavy atom. The lowest BCUT2D eigenvalue weighted by Gasteiger charge is -2.28. The van der Waals surface area contributed by atoms with Crippen LogP contribution in [0.25, 0.3) is 0 Å². The molecule has 1 atom stereocenters. The summed E-state index contributed by atoms with van der Waals surface area (Å²) in [7, 11) is 0. The van der Waals surface area contributed by atoms with E-state index in [1.807, 2.05) is 20.8 Å². The number of amides is 1. The smallest absolute Gasteiger partial charge is 0.290 e. The third kappa shape index (κ3) is 3.10. The van der Waals surface area contributed by atoms with Gasteiger partial charge in [0.1, 0.15) is 0 Å². The molecule has 0 N–H and O–H groups in total. The van der Waals surface area contributed by atoms with Gasteiger partial charge in [-0.05, 0) is 25.7 Å². The van der Waals surface area contributed by atoms with Gasteiger partial charge in [-0.15, -0.1) is 0 Å². The highest BCUT2D eigenvalue weighted by Crippen LogP contribution is 2.26. The molecule has 0 spiro atoms. The first-order valence-electron chi connectivity index (χ1n) is 6.66. The number of hydrogen-bond donors (Lipinski definition) is 0. The van der Waals surface area contributed by atoms with E-state index in [4.69, 9.17) is 5.26 Å². The van der Waals surface area contributed by atoms with Gasteiger partial charge in [-0.2, -0.15) is 5.26 Å². The number of carbonyl (C=O) groups is 2. The van der Waals surface area contributed by atoms with Crippen LogP contribution in [0.15, 0.2) is 0 Å². The molecular weight excluding hydrogens is 228 g/mol. The lowest BCUT2D eigenvalue weighted by atomic mass is 9.84. The summed E-state index contributed by atoms with van der Waals surface area (Å²) in [6, 6.07) is 2.18. The van der Waals surface area contributed by atoms with Crippen LogP contribution in [-0.4, -0.2) is 29.2 Å². The molecule has 4 heteroatoms. The second-order valence-electron chi connectivity index (χ2n) is 5.56. The third-order valence-electron chi connectivity index (χ3n) is 3.92. The van der Waals surface area contributed by atoms with Gasteiger partial charge in [0.05, 0.1) is 6.07 Å². The standard InChI is InChI=1S/C14H22N2O2/c1-4-14(2,3)12(17)13(18)16-10-6-8-11(16)7-5-9-15/h11H,4-8,10H2,1-3H3/t11-/m1/s1. The van der Waals surface area contributed by atoms with Gasteiger partial charge in [0.15, 0.2) is 0 Å². The molecule has 0 aromatic carbocycles. The first-order valence-corrected chi connectivity index (χ1v) is 6.66. The van der Waals surface area contributed by atoms with Crippen molar-refractivity contribution >= 4 is 11.7 Å². The van der Waals surface area contributed by atoms with Gasteiger partial charge in [0.25, 0.3) is 5.91 Å². The van der Waals surface area contributed by atoms with Crippen LogP contribution in [0.3, 0.4) is 0 Å². The fourth-order valence-corrected chi connectivity index (χ4v) is 2.21. The zero-order valence-electron chi connectivity index (χ0n) is 11.5. The van der Waals surface area contributed by atoms with Gasteiger partial charge < -0.3 is 4.90 Å². The fourth-order valence-electron chi connectivity index (χ4n) is 2.21. The number of nitrogens with zero attached hydrogens (tertiary/aromatic N) is 2. The summed E-state index contributed by atoms with van der Waals surface area (Å²) in [6.45, 7) is 6.20. The van der Waals surface area contributed by atoms with Crippen LogP contribution in [0.5, 0.6) is 0 Å². The van der Waals surface area contributed by atoms with Crippen LogP contribution < -0.4 is 0 Å². The van der Waals surface area contributed by atoms with E-state index < -0.39 is 5.41 Å². The second kappa shape index (κ2) is 5.99. The Balaban J connectivity index is 2.71. The Kier molecular flexibility index (Phi) is 4.89. The van der Waals surface area contributed by atoms with Crippen molar-refractivity contribution in [1.29, 1.82) is 5.26 Å². The molecule has 0 saturated carbocycles. The molecule has 1 fully saturated rings. The Labute approximate surface area is 109 Å². The molecule has 0 unspecified atom stereocenters.